The Bertz CT molecular complexity index is 555. The highest BCUT2D eigenvalue weighted by Gasteiger charge is 2.16. The normalized spacial score (nSPS) is 11.4. The van der Waals surface area contributed by atoms with Gasteiger partial charge in [-0.3, -0.25) is 0 Å². The van der Waals surface area contributed by atoms with Crippen LogP contribution in [0.2, 0.25) is 0 Å². The van der Waals surface area contributed by atoms with Gasteiger partial charge in [0.05, 0.1) is 11.9 Å². The molecular formula is C11H14F2N4S. The van der Waals surface area contributed by atoms with E-state index in [1.54, 1.807) is 7.05 Å². The molecule has 2 aromatic heterocycles. The van der Waals surface area contributed by atoms with E-state index < -0.39 is 6.43 Å². The van der Waals surface area contributed by atoms with Crippen molar-refractivity contribution in [1.82, 2.24) is 9.97 Å². The van der Waals surface area contributed by atoms with Crippen LogP contribution in [0.3, 0.4) is 0 Å². The number of aromatic nitrogens is 2. The van der Waals surface area contributed by atoms with E-state index in [4.69, 9.17) is 5.73 Å². The van der Waals surface area contributed by atoms with Crippen LogP contribution in [0.4, 0.5) is 20.5 Å². The Hall–Kier alpha value is -1.50. The third kappa shape index (κ3) is 2.50. The van der Waals surface area contributed by atoms with Gasteiger partial charge in [0.15, 0.2) is 0 Å². The maximum absolute atomic E-state index is 12.4. The Morgan fingerprint density at radius 3 is 2.78 bits per heavy atom. The summed E-state index contributed by atoms with van der Waals surface area (Å²) in [6.45, 7) is 1.66. The van der Waals surface area contributed by atoms with Gasteiger partial charge in [0.25, 0.3) is 6.43 Å². The van der Waals surface area contributed by atoms with Crippen molar-refractivity contribution in [3.05, 3.63) is 10.9 Å². The van der Waals surface area contributed by atoms with Crippen molar-refractivity contribution in [3.8, 4) is 0 Å². The molecule has 0 spiro atoms. The number of hydrogen-bond acceptors (Lipinski definition) is 5. The molecule has 0 aliphatic carbocycles. The van der Waals surface area contributed by atoms with Crippen LogP contribution < -0.4 is 10.6 Å². The minimum absolute atomic E-state index is 0.114. The molecule has 2 rings (SSSR count). The van der Waals surface area contributed by atoms with E-state index in [0.29, 0.717) is 5.82 Å². The fourth-order valence-electron chi connectivity index (χ4n) is 1.73. The van der Waals surface area contributed by atoms with Crippen molar-refractivity contribution < 1.29 is 8.78 Å². The lowest BCUT2D eigenvalue weighted by atomic mass is 10.3. The van der Waals surface area contributed by atoms with Crippen molar-refractivity contribution in [3.63, 3.8) is 0 Å². The topological polar surface area (TPSA) is 55.0 Å². The third-order valence-corrected chi connectivity index (χ3v) is 3.74. The van der Waals surface area contributed by atoms with Crippen LogP contribution in [-0.2, 0) is 6.42 Å². The van der Waals surface area contributed by atoms with Crippen molar-refractivity contribution in [1.29, 1.82) is 0 Å². The Kier molecular flexibility index (Phi) is 3.60. The van der Waals surface area contributed by atoms with E-state index in [1.807, 2.05) is 13.0 Å². The summed E-state index contributed by atoms with van der Waals surface area (Å²) in [5.41, 5.74) is 5.61. The second-order valence-corrected chi connectivity index (χ2v) is 5.08. The van der Waals surface area contributed by atoms with E-state index in [0.717, 1.165) is 21.5 Å². The standard InChI is InChI=1S/C11H14F2N4S/c1-3-6-4-7-9(17(2)5-8(12)13)15-11(14)16-10(7)18-6/h4,8H,3,5H2,1-2H3,(H2,14,15,16). The average molecular weight is 272 g/mol. The lowest BCUT2D eigenvalue weighted by molar-refractivity contribution is 0.156. The third-order valence-electron chi connectivity index (χ3n) is 2.56. The lowest BCUT2D eigenvalue weighted by Crippen LogP contribution is -2.25. The van der Waals surface area contributed by atoms with Crippen LogP contribution in [-0.4, -0.2) is 30.0 Å². The number of nitrogens with two attached hydrogens (primary N) is 1. The molecular weight excluding hydrogens is 258 g/mol. The Balaban J connectivity index is 2.50. The highest BCUT2D eigenvalue weighted by molar-refractivity contribution is 7.18. The van der Waals surface area contributed by atoms with Gasteiger partial charge in [0.2, 0.25) is 5.95 Å². The molecule has 0 unspecified atom stereocenters. The summed E-state index contributed by atoms with van der Waals surface area (Å²) in [6, 6.07) is 1.94. The van der Waals surface area contributed by atoms with E-state index in [2.05, 4.69) is 9.97 Å². The molecule has 0 aliphatic heterocycles. The number of hydrogen-bond donors (Lipinski definition) is 1. The maximum Gasteiger partial charge on any atom is 0.255 e. The highest BCUT2D eigenvalue weighted by Crippen LogP contribution is 2.31. The number of anilines is 2. The summed E-state index contributed by atoms with van der Waals surface area (Å²) in [5.74, 6) is 0.580. The van der Waals surface area contributed by atoms with Crippen molar-refractivity contribution in [2.45, 2.75) is 19.8 Å². The quantitative estimate of drug-likeness (QED) is 0.929. The van der Waals surface area contributed by atoms with E-state index in [9.17, 15) is 8.78 Å². The number of nitrogens with zero attached hydrogens (tertiary/aromatic N) is 3. The zero-order valence-corrected chi connectivity index (χ0v) is 11.0. The van der Waals surface area contributed by atoms with Gasteiger partial charge < -0.3 is 10.6 Å². The first-order chi connectivity index (χ1) is 8.51. The molecule has 0 aromatic carbocycles. The van der Waals surface area contributed by atoms with Gasteiger partial charge >= 0.3 is 0 Å². The molecule has 0 saturated heterocycles. The number of nitrogen functional groups attached to an aromatic ring is 1. The van der Waals surface area contributed by atoms with Crippen LogP contribution in [0, 0.1) is 0 Å². The molecule has 4 nitrogen and oxygen atoms in total. The first kappa shape index (κ1) is 12.9. The first-order valence-corrected chi connectivity index (χ1v) is 6.38. The fourth-order valence-corrected chi connectivity index (χ4v) is 2.70. The summed E-state index contributed by atoms with van der Waals surface area (Å²) >= 11 is 1.52. The number of rotatable bonds is 4. The number of thiophene rings is 1. The van der Waals surface area contributed by atoms with Gasteiger partial charge in [0.1, 0.15) is 10.6 Å². The van der Waals surface area contributed by atoms with Crippen molar-refractivity contribution in [2.24, 2.45) is 0 Å². The molecule has 0 bridgehead atoms. The molecule has 7 heteroatoms. The van der Waals surface area contributed by atoms with Gasteiger partial charge in [-0.1, -0.05) is 6.92 Å². The molecule has 0 fully saturated rings. The molecule has 0 amide bonds. The van der Waals surface area contributed by atoms with Gasteiger partial charge in [-0.25, -0.2) is 13.8 Å². The van der Waals surface area contributed by atoms with Crippen LogP contribution in [0.15, 0.2) is 6.07 Å². The number of alkyl halides is 2. The molecule has 2 N–H and O–H groups in total. The average Bonchev–Trinajstić information content (AvgIpc) is 2.69. The predicted octanol–water partition coefficient (Wildman–Crippen LogP) is 2.54. The molecule has 0 aliphatic rings. The van der Waals surface area contributed by atoms with E-state index >= 15 is 0 Å². The van der Waals surface area contributed by atoms with Crippen LogP contribution in [0.1, 0.15) is 11.8 Å². The zero-order valence-electron chi connectivity index (χ0n) is 10.2. The fraction of sp³-hybridized carbons (Fsp3) is 0.455. The summed E-state index contributed by atoms with van der Waals surface area (Å²) in [5, 5.41) is 0.786. The minimum atomic E-state index is -2.41. The smallest absolute Gasteiger partial charge is 0.255 e. The molecule has 2 aromatic rings. The summed E-state index contributed by atoms with van der Waals surface area (Å²) in [7, 11) is 1.58. The maximum atomic E-state index is 12.4. The highest BCUT2D eigenvalue weighted by atomic mass is 32.1. The molecule has 98 valence electrons. The van der Waals surface area contributed by atoms with Crippen LogP contribution >= 0.6 is 11.3 Å². The molecule has 0 saturated carbocycles. The Labute approximate surface area is 107 Å². The van der Waals surface area contributed by atoms with Gasteiger partial charge in [-0.2, -0.15) is 4.98 Å². The van der Waals surface area contributed by atoms with Crippen LogP contribution in [0.5, 0.6) is 0 Å². The summed E-state index contributed by atoms with van der Waals surface area (Å²) < 4.78 is 24.9. The Morgan fingerprint density at radius 1 is 1.44 bits per heavy atom. The summed E-state index contributed by atoms with van der Waals surface area (Å²) in [6.07, 6.45) is -1.54. The summed E-state index contributed by atoms with van der Waals surface area (Å²) in [4.78, 5) is 11.5. The van der Waals surface area contributed by atoms with Gasteiger partial charge in [-0.05, 0) is 12.5 Å². The molecule has 18 heavy (non-hydrogen) atoms. The predicted molar refractivity (Wildman–Crippen MR) is 70.5 cm³/mol. The first-order valence-electron chi connectivity index (χ1n) is 5.56. The number of halogens is 2. The largest absolute Gasteiger partial charge is 0.368 e. The zero-order chi connectivity index (χ0) is 13.3. The molecule has 0 atom stereocenters. The van der Waals surface area contributed by atoms with Gasteiger partial charge in [-0.15, -0.1) is 11.3 Å². The second-order valence-electron chi connectivity index (χ2n) is 3.96. The SMILES string of the molecule is CCc1cc2c(N(C)CC(F)F)nc(N)nc2s1. The monoisotopic (exact) mass is 272 g/mol. The second kappa shape index (κ2) is 5.01. The van der Waals surface area contributed by atoms with Gasteiger partial charge in [0, 0.05) is 11.9 Å². The molecule has 0 radical (unpaired) electrons. The van der Waals surface area contributed by atoms with E-state index in [1.165, 1.54) is 16.2 Å². The van der Waals surface area contributed by atoms with Crippen LogP contribution in [0.25, 0.3) is 10.2 Å². The number of aryl methyl sites for hydroxylation is 1. The van der Waals surface area contributed by atoms with Crippen molar-refractivity contribution in [2.75, 3.05) is 24.2 Å². The minimum Gasteiger partial charge on any atom is -0.368 e. The Morgan fingerprint density at radius 2 is 2.17 bits per heavy atom. The number of fused-ring (bicyclic) bond motifs is 1. The lowest BCUT2D eigenvalue weighted by Gasteiger charge is -2.18. The molecule has 2 heterocycles. The van der Waals surface area contributed by atoms with E-state index in [-0.39, 0.29) is 12.5 Å². The van der Waals surface area contributed by atoms with Crippen molar-refractivity contribution >= 4 is 33.3 Å².